The van der Waals surface area contributed by atoms with Gasteiger partial charge >= 0.3 is 13.1 Å². The summed E-state index contributed by atoms with van der Waals surface area (Å²) in [4.78, 5) is 11.3. The summed E-state index contributed by atoms with van der Waals surface area (Å²) in [6.07, 6.45) is 6.56. The van der Waals surface area contributed by atoms with Gasteiger partial charge in [-0.1, -0.05) is 42.0 Å². The van der Waals surface area contributed by atoms with Crippen LogP contribution in [-0.2, 0) is 18.8 Å². The second kappa shape index (κ2) is 7.77. The molecule has 0 radical (unpaired) electrons. The molecule has 1 aliphatic rings. The van der Waals surface area contributed by atoms with Crippen molar-refractivity contribution in [2.45, 2.75) is 45.8 Å². The first kappa shape index (κ1) is 19.8. The quantitative estimate of drug-likeness (QED) is 0.346. The number of halogens is 1. The molecule has 0 amide bonds. The molecule has 0 saturated carbocycles. The molecule has 0 N–H and O–H groups in total. The van der Waals surface area contributed by atoms with Gasteiger partial charge in [-0.15, -0.1) is 0 Å². The number of hydrogen-bond acceptors (Lipinski definition) is 4. The first-order valence-corrected chi connectivity index (χ1v) is 8.71. The molecule has 0 atom stereocenters. The van der Waals surface area contributed by atoms with Gasteiger partial charge in [0.2, 0.25) is 0 Å². The average Bonchev–Trinajstić information content (AvgIpc) is 2.73. The molecule has 6 heteroatoms. The van der Waals surface area contributed by atoms with Crippen molar-refractivity contribution >= 4 is 36.2 Å². The lowest BCUT2D eigenvalue weighted by atomic mass is 9.76. The van der Waals surface area contributed by atoms with E-state index >= 15 is 0 Å². The maximum Gasteiger partial charge on any atom is 0.495 e. The number of benzene rings is 1. The minimum Gasteiger partial charge on any atom is -0.463 e. The van der Waals surface area contributed by atoms with Crippen LogP contribution < -0.4 is 5.46 Å². The Balaban J connectivity index is 2.25. The Bertz CT molecular complexity index is 679. The third-order valence-corrected chi connectivity index (χ3v) is 4.82. The first-order valence-electron chi connectivity index (χ1n) is 8.33. The molecule has 1 heterocycles. The fourth-order valence-electron chi connectivity index (χ4n) is 2.38. The van der Waals surface area contributed by atoms with E-state index in [0.29, 0.717) is 11.6 Å². The van der Waals surface area contributed by atoms with E-state index in [4.69, 9.17) is 25.6 Å². The van der Waals surface area contributed by atoms with Gasteiger partial charge < -0.3 is 14.0 Å². The highest BCUT2D eigenvalue weighted by molar-refractivity contribution is 6.63. The molecule has 1 aromatic carbocycles. The predicted octanol–water partition coefficient (Wildman–Crippen LogP) is 3.77. The standard InChI is InChI=1S/C19H24BClO4/c1-6-23-17(22)13-8-7-10-14-15(11-9-12-16(14)21)20-24-18(2,3)19(4,5)25-20/h7-13H,6H2,1-5H3/b10-7+,13-8+. The van der Waals surface area contributed by atoms with Crippen LogP contribution in [0.4, 0.5) is 0 Å². The number of rotatable bonds is 5. The highest BCUT2D eigenvalue weighted by atomic mass is 35.5. The minimum absolute atomic E-state index is 0.351. The van der Waals surface area contributed by atoms with Gasteiger partial charge in [0, 0.05) is 11.1 Å². The van der Waals surface area contributed by atoms with Gasteiger partial charge in [0.1, 0.15) is 0 Å². The van der Waals surface area contributed by atoms with Crippen molar-refractivity contribution in [1.29, 1.82) is 0 Å². The van der Waals surface area contributed by atoms with Gasteiger partial charge in [-0.3, -0.25) is 0 Å². The van der Waals surface area contributed by atoms with Crippen LogP contribution in [0.3, 0.4) is 0 Å². The maximum atomic E-state index is 11.3. The summed E-state index contributed by atoms with van der Waals surface area (Å²) >= 11 is 6.36. The van der Waals surface area contributed by atoms with Crippen molar-refractivity contribution in [3.8, 4) is 0 Å². The summed E-state index contributed by atoms with van der Waals surface area (Å²) in [7, 11) is -0.502. The van der Waals surface area contributed by atoms with Crippen LogP contribution in [-0.4, -0.2) is 30.9 Å². The Morgan fingerprint density at radius 1 is 1.20 bits per heavy atom. The van der Waals surface area contributed by atoms with Crippen molar-refractivity contribution in [1.82, 2.24) is 0 Å². The number of carbonyl (C=O) groups excluding carboxylic acids is 1. The normalized spacial score (nSPS) is 19.0. The molecule has 0 aromatic heterocycles. The molecule has 2 rings (SSSR count). The molecule has 0 unspecified atom stereocenters. The molecular formula is C19H24BClO4. The third-order valence-electron chi connectivity index (χ3n) is 4.49. The summed E-state index contributed by atoms with van der Waals surface area (Å²) < 4.78 is 17.1. The zero-order valence-electron chi connectivity index (χ0n) is 15.3. The molecule has 0 bridgehead atoms. The van der Waals surface area contributed by atoms with Crippen molar-refractivity contribution in [2.75, 3.05) is 6.61 Å². The zero-order valence-corrected chi connectivity index (χ0v) is 16.1. The fourth-order valence-corrected chi connectivity index (χ4v) is 2.63. The Kier molecular flexibility index (Phi) is 6.14. The molecule has 1 fully saturated rings. The largest absolute Gasteiger partial charge is 0.495 e. The van der Waals surface area contributed by atoms with E-state index in [-0.39, 0.29) is 5.97 Å². The van der Waals surface area contributed by atoms with Crippen molar-refractivity contribution < 1.29 is 18.8 Å². The van der Waals surface area contributed by atoms with E-state index in [9.17, 15) is 4.79 Å². The lowest BCUT2D eigenvalue weighted by molar-refractivity contribution is -0.137. The SMILES string of the molecule is CCOC(=O)/C=C/C=C/c1c(Cl)cccc1B1OC(C)(C)C(C)(C)O1. The molecular weight excluding hydrogens is 338 g/mol. The van der Waals surface area contributed by atoms with Gasteiger partial charge in [0.05, 0.1) is 17.8 Å². The highest BCUT2D eigenvalue weighted by Gasteiger charge is 2.52. The van der Waals surface area contributed by atoms with Crippen LogP contribution in [0.1, 0.15) is 40.2 Å². The Morgan fingerprint density at radius 3 is 2.44 bits per heavy atom. The van der Waals surface area contributed by atoms with Crippen LogP contribution in [0, 0.1) is 0 Å². The van der Waals surface area contributed by atoms with Gasteiger partial charge in [-0.25, -0.2) is 4.79 Å². The molecule has 134 valence electrons. The van der Waals surface area contributed by atoms with Gasteiger partial charge in [-0.2, -0.15) is 0 Å². The Morgan fingerprint density at radius 2 is 1.84 bits per heavy atom. The van der Waals surface area contributed by atoms with E-state index < -0.39 is 18.3 Å². The smallest absolute Gasteiger partial charge is 0.463 e. The molecule has 4 nitrogen and oxygen atoms in total. The van der Waals surface area contributed by atoms with Crippen LogP contribution in [0.15, 0.2) is 36.4 Å². The molecule has 0 aliphatic carbocycles. The first-order chi connectivity index (χ1) is 11.7. The summed E-state index contributed by atoms with van der Waals surface area (Å²) in [5.74, 6) is -0.377. The maximum absolute atomic E-state index is 11.3. The van der Waals surface area contributed by atoms with E-state index in [1.807, 2.05) is 52.0 Å². The Labute approximate surface area is 154 Å². The molecule has 25 heavy (non-hydrogen) atoms. The molecule has 0 spiro atoms. The third kappa shape index (κ3) is 4.54. The number of allylic oxidation sites excluding steroid dienone is 2. The summed E-state index contributed by atoms with van der Waals surface area (Å²) in [5, 5.41) is 0.591. The van der Waals surface area contributed by atoms with E-state index in [0.717, 1.165) is 11.0 Å². The molecule has 1 saturated heterocycles. The predicted molar refractivity (Wildman–Crippen MR) is 102 cm³/mol. The topological polar surface area (TPSA) is 44.8 Å². The molecule has 1 aliphatic heterocycles. The number of esters is 1. The highest BCUT2D eigenvalue weighted by Crippen LogP contribution is 2.37. The number of hydrogen-bond donors (Lipinski definition) is 0. The average molecular weight is 363 g/mol. The van der Waals surface area contributed by atoms with Crippen LogP contribution in [0.25, 0.3) is 6.08 Å². The van der Waals surface area contributed by atoms with Crippen molar-refractivity contribution in [3.63, 3.8) is 0 Å². The van der Waals surface area contributed by atoms with E-state index in [1.54, 1.807) is 19.1 Å². The fraction of sp³-hybridized carbons (Fsp3) is 0.421. The lowest BCUT2D eigenvalue weighted by Crippen LogP contribution is -2.41. The van der Waals surface area contributed by atoms with Gasteiger partial charge in [-0.05, 0) is 51.7 Å². The lowest BCUT2D eigenvalue weighted by Gasteiger charge is -2.32. The van der Waals surface area contributed by atoms with E-state index in [1.165, 1.54) is 6.08 Å². The van der Waals surface area contributed by atoms with Crippen LogP contribution in [0.5, 0.6) is 0 Å². The van der Waals surface area contributed by atoms with Gasteiger partial charge in [0.15, 0.2) is 0 Å². The molecule has 1 aromatic rings. The van der Waals surface area contributed by atoms with E-state index in [2.05, 4.69) is 0 Å². The summed E-state index contributed by atoms with van der Waals surface area (Å²) in [5.41, 5.74) is 0.804. The number of carbonyl (C=O) groups is 1. The Hall–Kier alpha value is -1.56. The van der Waals surface area contributed by atoms with Gasteiger partial charge in [0.25, 0.3) is 0 Å². The second-order valence-corrected chi connectivity index (χ2v) is 7.21. The minimum atomic E-state index is -0.502. The van der Waals surface area contributed by atoms with Crippen molar-refractivity contribution in [2.24, 2.45) is 0 Å². The van der Waals surface area contributed by atoms with Crippen molar-refractivity contribution in [3.05, 3.63) is 47.0 Å². The number of ether oxygens (including phenoxy) is 1. The summed E-state index contributed by atoms with van der Waals surface area (Å²) in [6, 6.07) is 5.61. The zero-order chi connectivity index (χ0) is 18.7. The monoisotopic (exact) mass is 362 g/mol. The summed E-state index contributed by atoms with van der Waals surface area (Å²) in [6.45, 7) is 10.2. The van der Waals surface area contributed by atoms with Crippen LogP contribution in [0.2, 0.25) is 5.02 Å². The van der Waals surface area contributed by atoms with Crippen LogP contribution >= 0.6 is 11.6 Å². The second-order valence-electron chi connectivity index (χ2n) is 6.80.